The van der Waals surface area contributed by atoms with Crippen LogP contribution in [0.15, 0.2) is 94.8 Å². The molecule has 184 valence electrons. The van der Waals surface area contributed by atoms with E-state index in [9.17, 15) is 14.4 Å². The topological polar surface area (TPSA) is 95.0 Å². The number of aromatic nitrogens is 3. The lowest BCUT2D eigenvalue weighted by Gasteiger charge is -2.15. The number of ether oxygens (including phenoxy) is 1. The van der Waals surface area contributed by atoms with E-state index in [4.69, 9.17) is 9.72 Å². The van der Waals surface area contributed by atoms with E-state index in [1.54, 1.807) is 48.0 Å². The Kier molecular flexibility index (Phi) is 6.47. The van der Waals surface area contributed by atoms with Gasteiger partial charge in [-0.05, 0) is 49.7 Å². The van der Waals surface area contributed by atoms with Crippen LogP contribution in [0.4, 0.5) is 0 Å². The first kappa shape index (κ1) is 23.9. The summed E-state index contributed by atoms with van der Waals surface area (Å²) in [6, 6.07) is 23.2. The van der Waals surface area contributed by atoms with Crippen molar-refractivity contribution < 1.29 is 14.3 Å². The Hall–Kier alpha value is -4.85. The van der Waals surface area contributed by atoms with Crippen molar-refractivity contribution in [3.8, 4) is 0 Å². The highest BCUT2D eigenvalue weighted by atomic mass is 16.5. The normalized spacial score (nSPS) is 11.7. The minimum absolute atomic E-state index is 0.0144. The largest absolute Gasteiger partial charge is 0.462 e. The molecule has 0 radical (unpaired) electrons. The molecule has 1 amide bonds. The van der Waals surface area contributed by atoms with Gasteiger partial charge in [0.2, 0.25) is 0 Å². The smallest absolute Gasteiger partial charge is 0.341 e. The summed E-state index contributed by atoms with van der Waals surface area (Å²) in [6.07, 6.45) is 1.62. The number of benzene rings is 2. The van der Waals surface area contributed by atoms with Gasteiger partial charge in [0.05, 0.1) is 18.5 Å². The number of fused-ring (bicyclic) bond motifs is 2. The Balaban J connectivity index is 1.89. The molecule has 0 aliphatic heterocycles. The van der Waals surface area contributed by atoms with Crippen molar-refractivity contribution in [2.24, 2.45) is 4.99 Å². The Labute approximate surface area is 212 Å². The van der Waals surface area contributed by atoms with Gasteiger partial charge in [-0.25, -0.2) is 9.78 Å². The predicted molar refractivity (Wildman–Crippen MR) is 140 cm³/mol. The third kappa shape index (κ3) is 4.69. The lowest BCUT2D eigenvalue weighted by molar-refractivity contribution is 0.0523. The third-order valence-corrected chi connectivity index (χ3v) is 5.97. The summed E-state index contributed by atoms with van der Waals surface area (Å²) in [6.45, 7) is 3.96. The van der Waals surface area contributed by atoms with Crippen molar-refractivity contribution in [1.82, 2.24) is 14.0 Å². The van der Waals surface area contributed by atoms with Crippen LogP contribution in [0, 0.1) is 6.92 Å². The fourth-order valence-electron chi connectivity index (χ4n) is 4.13. The van der Waals surface area contributed by atoms with Gasteiger partial charge >= 0.3 is 5.97 Å². The molecule has 3 aromatic heterocycles. The molecule has 0 bridgehead atoms. The summed E-state index contributed by atoms with van der Waals surface area (Å²) in [4.78, 5) is 49.0. The number of rotatable bonds is 5. The molecule has 0 aliphatic rings. The zero-order valence-electron chi connectivity index (χ0n) is 20.4. The van der Waals surface area contributed by atoms with E-state index < -0.39 is 11.9 Å². The second kappa shape index (κ2) is 10.0. The number of carbonyl (C=O) groups excluding carboxylic acids is 2. The van der Waals surface area contributed by atoms with Crippen molar-refractivity contribution in [3.05, 3.63) is 123 Å². The first-order valence-corrected chi connectivity index (χ1v) is 11.9. The van der Waals surface area contributed by atoms with E-state index in [1.807, 2.05) is 49.4 Å². The maximum atomic E-state index is 13.5. The maximum absolute atomic E-state index is 13.5. The molecule has 5 aromatic rings. The molecule has 8 heteroatoms. The molecule has 5 rings (SSSR count). The molecule has 3 heterocycles. The molecule has 8 nitrogen and oxygen atoms in total. The third-order valence-electron chi connectivity index (χ3n) is 5.97. The number of carbonyl (C=O) groups is 2. The number of aryl methyl sites for hydroxylation is 1. The number of amides is 1. The molecule has 0 saturated carbocycles. The van der Waals surface area contributed by atoms with Gasteiger partial charge < -0.3 is 9.30 Å². The number of esters is 1. The maximum Gasteiger partial charge on any atom is 0.341 e. The Morgan fingerprint density at radius 2 is 1.70 bits per heavy atom. The van der Waals surface area contributed by atoms with Gasteiger partial charge in [-0.1, -0.05) is 54.1 Å². The molecule has 37 heavy (non-hydrogen) atoms. The highest BCUT2D eigenvalue weighted by Crippen LogP contribution is 2.14. The van der Waals surface area contributed by atoms with Crippen LogP contribution in [0.2, 0.25) is 0 Å². The van der Waals surface area contributed by atoms with Crippen LogP contribution in [-0.2, 0) is 11.3 Å². The Morgan fingerprint density at radius 1 is 0.973 bits per heavy atom. The molecule has 0 fully saturated rings. The van der Waals surface area contributed by atoms with Gasteiger partial charge in [0.25, 0.3) is 11.5 Å². The summed E-state index contributed by atoms with van der Waals surface area (Å²) >= 11 is 0. The van der Waals surface area contributed by atoms with Crippen LogP contribution >= 0.6 is 0 Å². The quantitative estimate of drug-likeness (QED) is 0.274. The molecular weight excluding hydrogens is 468 g/mol. The van der Waals surface area contributed by atoms with Crippen molar-refractivity contribution in [2.45, 2.75) is 20.4 Å². The summed E-state index contributed by atoms with van der Waals surface area (Å²) in [5.74, 6) is -1.21. The minimum Gasteiger partial charge on any atom is -0.462 e. The van der Waals surface area contributed by atoms with Gasteiger partial charge in [-0.2, -0.15) is 4.99 Å². The highest BCUT2D eigenvalue weighted by molar-refractivity contribution is 5.97. The van der Waals surface area contributed by atoms with E-state index >= 15 is 0 Å². The van der Waals surface area contributed by atoms with Crippen LogP contribution in [0.3, 0.4) is 0 Å². The first-order valence-electron chi connectivity index (χ1n) is 11.9. The Morgan fingerprint density at radius 3 is 2.43 bits per heavy atom. The SMILES string of the molecule is CCOC(=O)c1cc2c(=O)n3ccccc3nc2n(Cc2ccccc2)c1=NC(=O)c1ccc(C)cc1. The first-order chi connectivity index (χ1) is 18.0. The van der Waals surface area contributed by atoms with Crippen LogP contribution in [0.25, 0.3) is 16.7 Å². The molecule has 0 N–H and O–H groups in total. The average Bonchev–Trinajstić information content (AvgIpc) is 2.91. The van der Waals surface area contributed by atoms with E-state index in [2.05, 4.69) is 4.99 Å². The molecular formula is C29H24N4O4. The molecule has 0 saturated heterocycles. The average molecular weight is 493 g/mol. The minimum atomic E-state index is -0.681. The fraction of sp³-hybridized carbons (Fsp3) is 0.138. The lowest BCUT2D eigenvalue weighted by atomic mass is 10.1. The van der Waals surface area contributed by atoms with E-state index in [0.29, 0.717) is 16.9 Å². The molecule has 0 unspecified atom stereocenters. The van der Waals surface area contributed by atoms with Gasteiger partial charge in [0, 0.05) is 11.8 Å². The number of hydrogen-bond acceptors (Lipinski definition) is 5. The summed E-state index contributed by atoms with van der Waals surface area (Å²) in [5.41, 5.74) is 2.75. The van der Waals surface area contributed by atoms with E-state index in [1.165, 1.54) is 10.5 Å². The van der Waals surface area contributed by atoms with Gasteiger partial charge in [-0.15, -0.1) is 0 Å². The van der Waals surface area contributed by atoms with Gasteiger partial charge in [0.1, 0.15) is 16.9 Å². The molecule has 2 aromatic carbocycles. The molecule has 0 aliphatic carbocycles. The number of hydrogen-bond donors (Lipinski definition) is 0. The summed E-state index contributed by atoms with van der Waals surface area (Å²) in [5, 5.41) is 0.212. The van der Waals surface area contributed by atoms with Crippen molar-refractivity contribution in [3.63, 3.8) is 0 Å². The molecule has 0 atom stereocenters. The van der Waals surface area contributed by atoms with Gasteiger partial charge in [-0.3, -0.25) is 14.0 Å². The summed E-state index contributed by atoms with van der Waals surface area (Å²) < 4.78 is 8.35. The Bertz CT molecular complexity index is 1770. The second-order valence-corrected chi connectivity index (χ2v) is 8.54. The monoisotopic (exact) mass is 492 g/mol. The second-order valence-electron chi connectivity index (χ2n) is 8.54. The van der Waals surface area contributed by atoms with Crippen molar-refractivity contribution >= 4 is 28.6 Å². The zero-order chi connectivity index (χ0) is 25.9. The predicted octanol–water partition coefficient (Wildman–Crippen LogP) is 3.92. The zero-order valence-corrected chi connectivity index (χ0v) is 20.4. The lowest BCUT2D eigenvalue weighted by Crippen LogP contribution is -2.33. The van der Waals surface area contributed by atoms with Crippen LogP contribution < -0.4 is 11.0 Å². The van der Waals surface area contributed by atoms with Crippen molar-refractivity contribution in [1.29, 1.82) is 0 Å². The standard InChI is InChI=1S/C29H24N4O4/c1-3-37-29(36)23-17-22-25(30-24-11-7-8-16-32(24)28(22)35)33(18-20-9-5-4-6-10-20)26(23)31-27(34)21-14-12-19(2)13-15-21/h4-17H,3,18H2,1-2H3. The number of pyridine rings is 2. The van der Waals surface area contributed by atoms with Crippen LogP contribution in [0.1, 0.15) is 38.8 Å². The fourth-order valence-corrected chi connectivity index (χ4v) is 4.13. The van der Waals surface area contributed by atoms with Crippen molar-refractivity contribution in [2.75, 3.05) is 6.61 Å². The number of nitrogens with zero attached hydrogens (tertiary/aromatic N) is 4. The highest BCUT2D eigenvalue weighted by Gasteiger charge is 2.20. The van der Waals surface area contributed by atoms with Crippen LogP contribution in [-0.4, -0.2) is 32.4 Å². The summed E-state index contributed by atoms with van der Waals surface area (Å²) in [7, 11) is 0. The van der Waals surface area contributed by atoms with E-state index in [0.717, 1.165) is 11.1 Å². The molecule has 0 spiro atoms. The van der Waals surface area contributed by atoms with E-state index in [-0.39, 0.29) is 35.1 Å². The van der Waals surface area contributed by atoms with Gasteiger partial charge in [0.15, 0.2) is 5.49 Å². The van der Waals surface area contributed by atoms with Crippen LogP contribution in [0.5, 0.6) is 0 Å².